The number of carbonyl (C=O) groups is 1. The molecule has 3 rings (SSSR count). The van der Waals surface area contributed by atoms with Gasteiger partial charge in [-0.15, -0.1) is 0 Å². The molecular weight excluding hydrogens is 300 g/mol. The van der Waals surface area contributed by atoms with E-state index < -0.39 is 0 Å². The molecule has 1 fully saturated rings. The van der Waals surface area contributed by atoms with Crippen LogP contribution in [0.15, 0.2) is 18.2 Å². The van der Waals surface area contributed by atoms with Crippen LogP contribution in [0, 0.1) is 6.92 Å². The van der Waals surface area contributed by atoms with E-state index in [4.69, 9.17) is 4.74 Å². The molecule has 4 nitrogen and oxygen atoms in total. The Morgan fingerprint density at radius 3 is 2.71 bits per heavy atom. The van der Waals surface area contributed by atoms with Crippen LogP contribution in [0.1, 0.15) is 62.8 Å². The standard InChI is InChI=1S/C20H30N2O2/c1-5-24-18-13-20(17-7-6-15(4)12-16(17)18)8-10-22(11-9-20)19(23)21-14(2)3/h6-7,12,14,18H,5,8-11,13H2,1-4H3,(H,21,23)/t18-/m1/s1. The molecule has 1 aromatic carbocycles. The third-order valence-electron chi connectivity index (χ3n) is 5.49. The lowest BCUT2D eigenvalue weighted by Crippen LogP contribution is -2.49. The van der Waals surface area contributed by atoms with Crippen molar-refractivity contribution in [3.8, 4) is 0 Å². The van der Waals surface area contributed by atoms with Gasteiger partial charge in [0.05, 0.1) is 6.10 Å². The smallest absolute Gasteiger partial charge is 0.317 e. The van der Waals surface area contributed by atoms with Crippen molar-refractivity contribution in [2.45, 2.75) is 64.5 Å². The van der Waals surface area contributed by atoms with Gasteiger partial charge in [0, 0.05) is 31.2 Å². The number of piperidine rings is 1. The molecule has 1 N–H and O–H groups in total. The summed E-state index contributed by atoms with van der Waals surface area (Å²) >= 11 is 0. The molecule has 2 amide bonds. The number of urea groups is 1. The zero-order valence-corrected chi connectivity index (χ0v) is 15.4. The van der Waals surface area contributed by atoms with E-state index >= 15 is 0 Å². The van der Waals surface area contributed by atoms with Crippen LogP contribution in [0.4, 0.5) is 4.79 Å². The zero-order valence-electron chi connectivity index (χ0n) is 15.4. The van der Waals surface area contributed by atoms with E-state index in [1.54, 1.807) is 0 Å². The number of rotatable bonds is 3. The number of hydrogen-bond donors (Lipinski definition) is 1. The molecule has 0 bridgehead atoms. The van der Waals surface area contributed by atoms with Crippen molar-refractivity contribution in [3.63, 3.8) is 0 Å². The van der Waals surface area contributed by atoms with Gasteiger partial charge in [0.1, 0.15) is 0 Å². The molecule has 4 heteroatoms. The highest BCUT2D eigenvalue weighted by Gasteiger charge is 2.46. The number of ether oxygens (including phenoxy) is 1. The summed E-state index contributed by atoms with van der Waals surface area (Å²) in [7, 11) is 0. The normalized spacial score (nSPS) is 22.0. The van der Waals surface area contributed by atoms with Crippen molar-refractivity contribution >= 4 is 6.03 Å². The van der Waals surface area contributed by atoms with Crippen LogP contribution in [0.2, 0.25) is 0 Å². The fourth-order valence-corrected chi connectivity index (χ4v) is 4.31. The molecule has 0 aromatic heterocycles. The first-order valence-corrected chi connectivity index (χ1v) is 9.23. The second kappa shape index (κ2) is 6.75. The Bertz CT molecular complexity index is 604. The van der Waals surface area contributed by atoms with Crippen LogP contribution in [0.5, 0.6) is 0 Å². The predicted molar refractivity (Wildman–Crippen MR) is 96.3 cm³/mol. The van der Waals surface area contributed by atoms with Crippen molar-refractivity contribution in [2.75, 3.05) is 19.7 Å². The van der Waals surface area contributed by atoms with E-state index in [0.717, 1.165) is 39.0 Å². The van der Waals surface area contributed by atoms with Crippen LogP contribution in [0.3, 0.4) is 0 Å². The minimum absolute atomic E-state index is 0.0725. The maximum absolute atomic E-state index is 12.3. The summed E-state index contributed by atoms with van der Waals surface area (Å²) in [6, 6.07) is 7.07. The summed E-state index contributed by atoms with van der Waals surface area (Å²) in [5, 5.41) is 3.01. The minimum atomic E-state index is 0.0725. The summed E-state index contributed by atoms with van der Waals surface area (Å²) < 4.78 is 6.05. The first-order valence-electron chi connectivity index (χ1n) is 9.23. The minimum Gasteiger partial charge on any atom is -0.374 e. The average Bonchev–Trinajstić information content (AvgIpc) is 2.81. The summed E-state index contributed by atoms with van der Waals surface area (Å²) in [5.41, 5.74) is 4.30. The molecule has 132 valence electrons. The van der Waals surface area contributed by atoms with Gasteiger partial charge in [0.25, 0.3) is 0 Å². The van der Waals surface area contributed by atoms with Gasteiger partial charge >= 0.3 is 6.03 Å². The number of aryl methyl sites for hydroxylation is 1. The van der Waals surface area contributed by atoms with Gasteiger partial charge in [-0.1, -0.05) is 23.8 Å². The fraction of sp³-hybridized carbons (Fsp3) is 0.650. The Balaban J connectivity index is 1.77. The predicted octanol–water partition coefficient (Wildman–Crippen LogP) is 3.93. The second-order valence-corrected chi connectivity index (χ2v) is 7.61. The molecule has 0 unspecified atom stereocenters. The Labute approximate surface area is 145 Å². The third-order valence-corrected chi connectivity index (χ3v) is 5.49. The van der Waals surface area contributed by atoms with E-state index in [0.29, 0.717) is 0 Å². The molecular formula is C20H30N2O2. The zero-order chi connectivity index (χ0) is 17.3. The van der Waals surface area contributed by atoms with Crippen LogP contribution in [-0.4, -0.2) is 36.7 Å². The number of amides is 2. The monoisotopic (exact) mass is 330 g/mol. The maximum atomic E-state index is 12.3. The van der Waals surface area contributed by atoms with Crippen molar-refractivity contribution in [1.29, 1.82) is 0 Å². The van der Waals surface area contributed by atoms with Crippen molar-refractivity contribution < 1.29 is 9.53 Å². The molecule has 1 atom stereocenters. The highest BCUT2D eigenvalue weighted by Crippen LogP contribution is 2.52. The Morgan fingerprint density at radius 1 is 1.38 bits per heavy atom. The van der Waals surface area contributed by atoms with Gasteiger partial charge in [-0.25, -0.2) is 4.79 Å². The molecule has 0 saturated carbocycles. The van der Waals surface area contributed by atoms with E-state index in [-0.39, 0.29) is 23.6 Å². The average molecular weight is 330 g/mol. The number of likely N-dealkylation sites (tertiary alicyclic amines) is 1. The SMILES string of the molecule is CCO[C@@H]1CC2(CCN(C(=O)NC(C)C)CC2)c2ccc(C)cc21. The molecule has 1 heterocycles. The lowest BCUT2D eigenvalue weighted by molar-refractivity contribution is 0.0426. The molecule has 2 aliphatic rings. The first-order chi connectivity index (χ1) is 11.4. The highest BCUT2D eigenvalue weighted by atomic mass is 16.5. The quantitative estimate of drug-likeness (QED) is 0.912. The van der Waals surface area contributed by atoms with Crippen molar-refractivity contribution in [3.05, 3.63) is 34.9 Å². The lowest BCUT2D eigenvalue weighted by Gasteiger charge is -2.40. The molecule has 1 aliphatic heterocycles. The molecule has 1 aliphatic carbocycles. The summed E-state index contributed by atoms with van der Waals surface area (Å²) in [6.45, 7) is 10.6. The van der Waals surface area contributed by atoms with Crippen molar-refractivity contribution in [2.24, 2.45) is 0 Å². The molecule has 1 saturated heterocycles. The van der Waals surface area contributed by atoms with Crippen molar-refractivity contribution in [1.82, 2.24) is 10.2 Å². The Morgan fingerprint density at radius 2 is 2.08 bits per heavy atom. The molecule has 1 spiro atoms. The number of benzene rings is 1. The second-order valence-electron chi connectivity index (χ2n) is 7.61. The van der Waals surface area contributed by atoms with Crippen LogP contribution in [-0.2, 0) is 10.2 Å². The van der Waals surface area contributed by atoms with Gasteiger partial charge in [0.15, 0.2) is 0 Å². The van der Waals surface area contributed by atoms with Gasteiger partial charge in [-0.05, 0) is 58.1 Å². The summed E-state index contributed by atoms with van der Waals surface area (Å²) in [4.78, 5) is 14.2. The van der Waals surface area contributed by atoms with Gasteiger partial charge < -0.3 is 15.0 Å². The topological polar surface area (TPSA) is 41.6 Å². The van der Waals surface area contributed by atoms with Gasteiger partial charge in [-0.3, -0.25) is 0 Å². The molecule has 0 radical (unpaired) electrons. The van der Waals surface area contributed by atoms with E-state index in [1.165, 1.54) is 16.7 Å². The van der Waals surface area contributed by atoms with Crippen LogP contribution in [0.25, 0.3) is 0 Å². The first kappa shape index (κ1) is 17.3. The number of nitrogens with one attached hydrogen (secondary N) is 1. The Kier molecular flexibility index (Phi) is 4.86. The van der Waals surface area contributed by atoms with E-state index in [9.17, 15) is 4.79 Å². The van der Waals surface area contributed by atoms with Crippen LogP contribution < -0.4 is 5.32 Å². The highest BCUT2D eigenvalue weighted by molar-refractivity contribution is 5.74. The summed E-state index contributed by atoms with van der Waals surface area (Å²) in [6.07, 6.45) is 3.32. The largest absolute Gasteiger partial charge is 0.374 e. The Hall–Kier alpha value is -1.55. The fourth-order valence-electron chi connectivity index (χ4n) is 4.31. The maximum Gasteiger partial charge on any atom is 0.317 e. The number of hydrogen-bond acceptors (Lipinski definition) is 2. The van der Waals surface area contributed by atoms with Gasteiger partial charge in [-0.2, -0.15) is 0 Å². The third kappa shape index (κ3) is 3.16. The summed E-state index contributed by atoms with van der Waals surface area (Å²) in [5.74, 6) is 0. The lowest BCUT2D eigenvalue weighted by atomic mass is 9.73. The number of carbonyl (C=O) groups excluding carboxylic acids is 1. The van der Waals surface area contributed by atoms with E-state index in [2.05, 4.69) is 37.4 Å². The molecule has 1 aromatic rings. The van der Waals surface area contributed by atoms with Crippen LogP contribution >= 0.6 is 0 Å². The number of nitrogens with zero attached hydrogens (tertiary/aromatic N) is 1. The van der Waals surface area contributed by atoms with E-state index in [1.807, 2.05) is 18.7 Å². The van der Waals surface area contributed by atoms with Gasteiger partial charge in [0.2, 0.25) is 0 Å². The molecule has 24 heavy (non-hydrogen) atoms. The number of fused-ring (bicyclic) bond motifs is 2.